The maximum atomic E-state index is 10.3. The van der Waals surface area contributed by atoms with Gasteiger partial charge in [0.2, 0.25) is 0 Å². The SMILES string of the molecule is CC(C)CC(O)Nc1cncc(-c2ccc3[nH]nc(-c4nc5c(-c6cccs6)cncc5[nH]4)c3c2)c1. The molecule has 0 saturated carbocycles. The Morgan fingerprint density at radius 2 is 1.89 bits per heavy atom. The first-order valence-electron chi connectivity index (χ1n) is 11.8. The van der Waals surface area contributed by atoms with E-state index < -0.39 is 6.23 Å². The number of nitrogens with zero attached hydrogens (tertiary/aromatic N) is 4. The molecule has 0 amide bonds. The van der Waals surface area contributed by atoms with Crippen LogP contribution in [-0.4, -0.2) is 41.5 Å². The van der Waals surface area contributed by atoms with Crippen LogP contribution in [0.25, 0.3) is 55.0 Å². The number of aliphatic hydroxyl groups excluding tert-OH is 1. The van der Waals surface area contributed by atoms with Crippen LogP contribution in [0.1, 0.15) is 20.3 Å². The van der Waals surface area contributed by atoms with Crippen molar-refractivity contribution in [1.82, 2.24) is 30.1 Å². The van der Waals surface area contributed by atoms with Crippen LogP contribution >= 0.6 is 11.3 Å². The van der Waals surface area contributed by atoms with Crippen molar-refractivity contribution >= 4 is 39.0 Å². The number of hydrogen-bond acceptors (Lipinski definition) is 7. The number of aliphatic hydroxyl groups is 1. The third-order valence-corrected chi connectivity index (χ3v) is 6.97. The van der Waals surface area contributed by atoms with Gasteiger partial charge in [0.25, 0.3) is 0 Å². The van der Waals surface area contributed by atoms with Crippen molar-refractivity contribution in [1.29, 1.82) is 0 Å². The van der Waals surface area contributed by atoms with Crippen molar-refractivity contribution in [3.05, 3.63) is 66.6 Å². The number of anilines is 1. The van der Waals surface area contributed by atoms with Gasteiger partial charge in [-0.05, 0) is 47.5 Å². The highest BCUT2D eigenvalue weighted by Crippen LogP contribution is 2.34. The minimum atomic E-state index is -0.619. The Bertz CT molecular complexity index is 1650. The quantitative estimate of drug-likeness (QED) is 0.200. The largest absolute Gasteiger partial charge is 0.374 e. The second kappa shape index (κ2) is 9.18. The lowest BCUT2D eigenvalue weighted by atomic mass is 10.0. The van der Waals surface area contributed by atoms with Crippen LogP contribution in [0, 0.1) is 5.92 Å². The molecule has 6 rings (SSSR count). The summed E-state index contributed by atoms with van der Waals surface area (Å²) in [6.07, 6.45) is 7.23. The number of pyridine rings is 2. The van der Waals surface area contributed by atoms with E-state index in [1.165, 1.54) is 0 Å². The molecule has 0 radical (unpaired) electrons. The van der Waals surface area contributed by atoms with Crippen molar-refractivity contribution in [2.45, 2.75) is 26.5 Å². The molecule has 6 aromatic rings. The van der Waals surface area contributed by atoms with Crippen LogP contribution in [-0.2, 0) is 0 Å². The standard InChI is InChI=1S/C27H25N7OS/c1-15(2)8-24(35)30-18-9-17(11-28-12-18)16-5-6-21-19(10-16)26(34-33-21)27-31-22-14-29-13-20(25(22)32-27)23-4-3-7-36-23/h3-7,9-15,24,30,35H,8H2,1-2H3,(H,31,32)(H,33,34). The second-order valence-corrected chi connectivity index (χ2v) is 10.2. The predicted molar refractivity (Wildman–Crippen MR) is 145 cm³/mol. The van der Waals surface area contributed by atoms with E-state index in [2.05, 4.69) is 61.8 Å². The number of fused-ring (bicyclic) bond motifs is 2. The number of thiophene rings is 1. The number of aromatic nitrogens is 6. The third-order valence-electron chi connectivity index (χ3n) is 6.07. The molecule has 0 saturated heterocycles. The summed E-state index contributed by atoms with van der Waals surface area (Å²) < 4.78 is 0. The van der Waals surface area contributed by atoms with Crippen molar-refractivity contribution in [2.24, 2.45) is 5.92 Å². The van der Waals surface area contributed by atoms with Gasteiger partial charge in [-0.2, -0.15) is 5.10 Å². The highest BCUT2D eigenvalue weighted by molar-refractivity contribution is 7.13. The van der Waals surface area contributed by atoms with E-state index in [0.29, 0.717) is 18.2 Å². The number of benzene rings is 1. The van der Waals surface area contributed by atoms with Gasteiger partial charge in [-0.15, -0.1) is 11.3 Å². The molecule has 0 aliphatic carbocycles. The molecule has 5 heterocycles. The summed E-state index contributed by atoms with van der Waals surface area (Å²) in [7, 11) is 0. The maximum Gasteiger partial charge on any atom is 0.159 e. The summed E-state index contributed by atoms with van der Waals surface area (Å²) in [5.41, 5.74) is 7.12. The van der Waals surface area contributed by atoms with Crippen molar-refractivity contribution in [3.8, 4) is 33.1 Å². The maximum absolute atomic E-state index is 10.3. The first kappa shape index (κ1) is 22.4. The summed E-state index contributed by atoms with van der Waals surface area (Å²) in [4.78, 5) is 18.2. The molecule has 0 spiro atoms. The average Bonchev–Trinajstić information content (AvgIpc) is 3.62. The molecule has 5 aromatic heterocycles. The highest BCUT2D eigenvalue weighted by atomic mass is 32.1. The summed E-state index contributed by atoms with van der Waals surface area (Å²) in [5.74, 6) is 1.07. The van der Waals surface area contributed by atoms with Crippen LogP contribution in [0.3, 0.4) is 0 Å². The zero-order valence-electron chi connectivity index (χ0n) is 19.9. The van der Waals surface area contributed by atoms with Gasteiger partial charge in [-0.1, -0.05) is 26.0 Å². The molecule has 1 atom stereocenters. The van der Waals surface area contributed by atoms with E-state index in [1.807, 2.05) is 36.7 Å². The Morgan fingerprint density at radius 1 is 1.00 bits per heavy atom. The molecule has 36 heavy (non-hydrogen) atoms. The lowest BCUT2D eigenvalue weighted by Crippen LogP contribution is -2.20. The summed E-state index contributed by atoms with van der Waals surface area (Å²) in [5, 5.41) is 24.1. The minimum absolute atomic E-state index is 0.390. The molecule has 0 fully saturated rings. The molecule has 0 bridgehead atoms. The van der Waals surface area contributed by atoms with E-state index in [1.54, 1.807) is 23.7 Å². The first-order chi connectivity index (χ1) is 17.5. The molecule has 0 aliphatic heterocycles. The molecule has 0 aliphatic rings. The van der Waals surface area contributed by atoms with Gasteiger partial charge in [0, 0.05) is 33.8 Å². The fourth-order valence-electron chi connectivity index (χ4n) is 4.41. The van der Waals surface area contributed by atoms with Crippen molar-refractivity contribution < 1.29 is 5.11 Å². The van der Waals surface area contributed by atoms with Gasteiger partial charge >= 0.3 is 0 Å². The molecule has 1 aromatic carbocycles. The lowest BCUT2D eigenvalue weighted by molar-refractivity contribution is 0.176. The van der Waals surface area contributed by atoms with Gasteiger partial charge in [-0.3, -0.25) is 15.1 Å². The third kappa shape index (κ3) is 4.23. The molecular weight excluding hydrogens is 470 g/mol. The van der Waals surface area contributed by atoms with Crippen LogP contribution < -0.4 is 5.32 Å². The molecule has 1 unspecified atom stereocenters. The highest BCUT2D eigenvalue weighted by Gasteiger charge is 2.17. The summed E-state index contributed by atoms with van der Waals surface area (Å²) in [6.45, 7) is 4.16. The number of aromatic amines is 2. The summed E-state index contributed by atoms with van der Waals surface area (Å²) in [6, 6.07) is 12.2. The number of hydrogen-bond donors (Lipinski definition) is 4. The molecule has 8 nitrogen and oxygen atoms in total. The zero-order chi connectivity index (χ0) is 24.6. The summed E-state index contributed by atoms with van der Waals surface area (Å²) >= 11 is 1.66. The van der Waals surface area contributed by atoms with Crippen LogP contribution in [0.2, 0.25) is 0 Å². The second-order valence-electron chi connectivity index (χ2n) is 9.23. The normalized spacial score (nSPS) is 12.6. The van der Waals surface area contributed by atoms with E-state index in [4.69, 9.17) is 4.98 Å². The van der Waals surface area contributed by atoms with Gasteiger partial charge < -0.3 is 15.4 Å². The van der Waals surface area contributed by atoms with Crippen molar-refractivity contribution in [3.63, 3.8) is 0 Å². The molecule has 9 heteroatoms. The lowest BCUT2D eigenvalue weighted by Gasteiger charge is -2.16. The van der Waals surface area contributed by atoms with Gasteiger partial charge in [-0.25, -0.2) is 4.98 Å². The van der Waals surface area contributed by atoms with Crippen LogP contribution in [0.15, 0.2) is 66.6 Å². The fraction of sp³-hybridized carbons (Fsp3) is 0.185. The number of nitrogens with one attached hydrogen (secondary N) is 3. The Balaban J connectivity index is 1.37. The minimum Gasteiger partial charge on any atom is -0.374 e. The number of imidazole rings is 1. The molecule has 4 N–H and O–H groups in total. The topological polar surface area (TPSA) is 115 Å². The van der Waals surface area contributed by atoms with Gasteiger partial charge in [0.1, 0.15) is 17.4 Å². The Morgan fingerprint density at radius 3 is 2.72 bits per heavy atom. The Labute approximate surface area is 211 Å². The first-order valence-corrected chi connectivity index (χ1v) is 12.7. The van der Waals surface area contributed by atoms with Gasteiger partial charge in [0.05, 0.1) is 29.1 Å². The monoisotopic (exact) mass is 495 g/mol. The smallest absolute Gasteiger partial charge is 0.159 e. The fourth-order valence-corrected chi connectivity index (χ4v) is 5.14. The van der Waals surface area contributed by atoms with Crippen LogP contribution in [0.5, 0.6) is 0 Å². The van der Waals surface area contributed by atoms with E-state index >= 15 is 0 Å². The van der Waals surface area contributed by atoms with E-state index in [0.717, 1.165) is 54.9 Å². The van der Waals surface area contributed by atoms with Gasteiger partial charge in [0.15, 0.2) is 5.82 Å². The Kier molecular flexibility index (Phi) is 5.71. The molecular formula is C27H25N7OS. The van der Waals surface area contributed by atoms with E-state index in [9.17, 15) is 5.11 Å². The molecule has 180 valence electrons. The zero-order valence-corrected chi connectivity index (χ0v) is 20.7. The van der Waals surface area contributed by atoms with Crippen molar-refractivity contribution in [2.75, 3.05) is 5.32 Å². The van der Waals surface area contributed by atoms with E-state index in [-0.39, 0.29) is 0 Å². The number of H-pyrrole nitrogens is 2. The predicted octanol–water partition coefficient (Wildman–Crippen LogP) is 6.07. The Hall–Kier alpha value is -4.08. The average molecular weight is 496 g/mol. The number of rotatable bonds is 7. The van der Waals surface area contributed by atoms with Crippen LogP contribution in [0.4, 0.5) is 5.69 Å².